The average molecular weight is 147 g/mol. The smallest absolute Gasteiger partial charge is 0.137 e. The van der Waals surface area contributed by atoms with Gasteiger partial charge in [-0.25, -0.2) is 4.98 Å². The lowest BCUT2D eigenvalue weighted by molar-refractivity contribution is 0.886. The molecule has 0 N–H and O–H groups in total. The normalized spacial score (nSPS) is 15.5. The van der Waals surface area contributed by atoms with E-state index in [1.54, 1.807) is 6.20 Å². The van der Waals surface area contributed by atoms with Gasteiger partial charge in [-0.2, -0.15) is 0 Å². The fourth-order valence-electron chi connectivity index (χ4n) is 1.17. The Balaban J connectivity index is 2.37. The van der Waals surface area contributed by atoms with Gasteiger partial charge in [0.1, 0.15) is 5.82 Å². The highest BCUT2D eigenvalue weighted by molar-refractivity contribution is 5.88. The summed E-state index contributed by atoms with van der Waals surface area (Å²) in [5, 5.41) is 0. The zero-order valence-corrected chi connectivity index (χ0v) is 6.36. The average Bonchev–Trinajstić information content (AvgIpc) is 2.55. The Morgan fingerprint density at radius 1 is 1.55 bits per heavy atom. The van der Waals surface area contributed by atoms with Gasteiger partial charge >= 0.3 is 0 Å². The predicted molar refractivity (Wildman–Crippen MR) is 44.5 cm³/mol. The van der Waals surface area contributed by atoms with Crippen LogP contribution in [-0.4, -0.2) is 22.3 Å². The highest BCUT2D eigenvalue weighted by Crippen LogP contribution is 2.13. The second kappa shape index (κ2) is 2.34. The zero-order valence-electron chi connectivity index (χ0n) is 6.36. The summed E-state index contributed by atoms with van der Waals surface area (Å²) in [6.07, 6.45) is 7.56. The molecule has 0 aliphatic carbocycles. The van der Waals surface area contributed by atoms with Crippen LogP contribution in [0.5, 0.6) is 0 Å². The Kier molecular flexibility index (Phi) is 1.35. The van der Waals surface area contributed by atoms with Crippen LogP contribution in [-0.2, 0) is 7.05 Å². The van der Waals surface area contributed by atoms with Crippen LogP contribution in [0.15, 0.2) is 23.5 Å². The molecule has 1 aromatic rings. The number of aryl methyl sites for hydroxylation is 1. The van der Waals surface area contributed by atoms with Gasteiger partial charge in [0.15, 0.2) is 0 Å². The number of imidazole rings is 1. The summed E-state index contributed by atoms with van der Waals surface area (Å²) >= 11 is 0. The van der Waals surface area contributed by atoms with Gasteiger partial charge in [-0.3, -0.25) is 4.99 Å². The summed E-state index contributed by atoms with van der Waals surface area (Å²) in [7, 11) is 1.99. The Labute approximate surface area is 65.1 Å². The number of hydrogen-bond donors (Lipinski definition) is 0. The molecule has 3 heteroatoms. The van der Waals surface area contributed by atoms with E-state index in [1.165, 1.54) is 5.57 Å². The van der Waals surface area contributed by atoms with Crippen molar-refractivity contribution in [3.8, 4) is 0 Å². The molecule has 2 rings (SSSR count). The molecule has 0 aromatic carbocycles. The van der Waals surface area contributed by atoms with Crippen LogP contribution in [0.25, 0.3) is 5.57 Å². The predicted octanol–water partition coefficient (Wildman–Crippen LogP) is 0.888. The molecule has 0 saturated carbocycles. The van der Waals surface area contributed by atoms with Crippen molar-refractivity contribution in [1.82, 2.24) is 9.55 Å². The number of aliphatic imine (C=N–C) groups is 1. The molecule has 3 nitrogen and oxygen atoms in total. The maximum atomic E-state index is 4.21. The zero-order chi connectivity index (χ0) is 7.68. The van der Waals surface area contributed by atoms with Gasteiger partial charge in [0.2, 0.25) is 0 Å². The lowest BCUT2D eigenvalue weighted by Crippen LogP contribution is -1.96. The summed E-state index contributed by atoms with van der Waals surface area (Å²) in [4.78, 5) is 8.30. The van der Waals surface area contributed by atoms with E-state index in [9.17, 15) is 0 Å². The number of nitrogens with zero attached hydrogens (tertiary/aromatic N) is 3. The minimum atomic E-state index is 0.769. The van der Waals surface area contributed by atoms with Crippen molar-refractivity contribution in [2.45, 2.75) is 0 Å². The fourth-order valence-corrected chi connectivity index (χ4v) is 1.17. The van der Waals surface area contributed by atoms with Crippen molar-refractivity contribution in [2.24, 2.45) is 12.0 Å². The standard InChI is InChI=1S/C8H9N3/c1-11-5-4-10-8(11)7-2-3-9-6-7/h2-5H,6H2,1H3. The number of rotatable bonds is 1. The highest BCUT2D eigenvalue weighted by atomic mass is 15.0. The molecule has 1 aliphatic heterocycles. The number of allylic oxidation sites excluding steroid dienone is 1. The molecule has 0 atom stereocenters. The molecule has 0 spiro atoms. The summed E-state index contributed by atoms with van der Waals surface area (Å²) in [6, 6.07) is 0. The van der Waals surface area contributed by atoms with Crippen molar-refractivity contribution in [2.75, 3.05) is 6.54 Å². The lowest BCUT2D eigenvalue weighted by Gasteiger charge is -1.99. The van der Waals surface area contributed by atoms with E-state index in [4.69, 9.17) is 0 Å². The third-order valence-electron chi connectivity index (χ3n) is 1.75. The first-order chi connectivity index (χ1) is 5.38. The maximum absolute atomic E-state index is 4.21. The molecule has 11 heavy (non-hydrogen) atoms. The van der Waals surface area contributed by atoms with Gasteiger partial charge in [-0.05, 0) is 6.08 Å². The quantitative estimate of drug-likeness (QED) is 0.580. The number of hydrogen-bond acceptors (Lipinski definition) is 2. The van der Waals surface area contributed by atoms with E-state index in [0.717, 1.165) is 12.4 Å². The minimum Gasteiger partial charge on any atom is -0.334 e. The minimum absolute atomic E-state index is 0.769. The Hall–Kier alpha value is -1.38. The summed E-state index contributed by atoms with van der Waals surface area (Å²) in [6.45, 7) is 0.769. The summed E-state index contributed by atoms with van der Waals surface area (Å²) in [5.41, 5.74) is 1.19. The second-order valence-corrected chi connectivity index (χ2v) is 2.54. The monoisotopic (exact) mass is 147 g/mol. The van der Waals surface area contributed by atoms with E-state index < -0.39 is 0 Å². The first kappa shape index (κ1) is 6.34. The van der Waals surface area contributed by atoms with Crippen molar-refractivity contribution >= 4 is 11.8 Å². The molecule has 2 heterocycles. The molecule has 0 unspecified atom stereocenters. The molecule has 0 fully saturated rings. The SMILES string of the molecule is Cn1ccnc1C1=CC=NC1. The molecule has 1 aliphatic rings. The van der Waals surface area contributed by atoms with Gasteiger partial charge in [-0.15, -0.1) is 0 Å². The van der Waals surface area contributed by atoms with Crippen molar-refractivity contribution in [3.63, 3.8) is 0 Å². The first-order valence-electron chi connectivity index (χ1n) is 3.54. The molecule has 0 saturated heterocycles. The first-order valence-corrected chi connectivity index (χ1v) is 3.54. The van der Waals surface area contributed by atoms with Crippen molar-refractivity contribution in [3.05, 3.63) is 24.3 Å². The van der Waals surface area contributed by atoms with Crippen LogP contribution in [0.3, 0.4) is 0 Å². The van der Waals surface area contributed by atoms with Gasteiger partial charge < -0.3 is 4.57 Å². The number of aromatic nitrogens is 2. The van der Waals surface area contributed by atoms with Crippen LogP contribution in [0.1, 0.15) is 5.82 Å². The van der Waals surface area contributed by atoms with Gasteiger partial charge in [0.05, 0.1) is 6.54 Å². The molecule has 0 bridgehead atoms. The molecular formula is C8H9N3. The van der Waals surface area contributed by atoms with Crippen molar-refractivity contribution < 1.29 is 0 Å². The van der Waals surface area contributed by atoms with Crippen LogP contribution in [0.4, 0.5) is 0 Å². The van der Waals surface area contributed by atoms with Crippen LogP contribution < -0.4 is 0 Å². The Morgan fingerprint density at radius 3 is 3.00 bits per heavy atom. The lowest BCUT2D eigenvalue weighted by atomic mass is 10.2. The third kappa shape index (κ3) is 0.981. The Morgan fingerprint density at radius 2 is 2.45 bits per heavy atom. The molecule has 0 amide bonds. The molecule has 56 valence electrons. The molecule has 1 aromatic heterocycles. The Bertz CT molecular complexity index is 320. The molecule has 0 radical (unpaired) electrons. The maximum Gasteiger partial charge on any atom is 0.137 e. The van der Waals surface area contributed by atoms with E-state index in [1.807, 2.05) is 30.1 Å². The summed E-state index contributed by atoms with van der Waals surface area (Å²) < 4.78 is 2.00. The summed E-state index contributed by atoms with van der Waals surface area (Å²) in [5.74, 6) is 1.02. The van der Waals surface area contributed by atoms with Crippen LogP contribution in [0.2, 0.25) is 0 Å². The third-order valence-corrected chi connectivity index (χ3v) is 1.75. The van der Waals surface area contributed by atoms with E-state index in [0.29, 0.717) is 0 Å². The van der Waals surface area contributed by atoms with Gasteiger partial charge in [0.25, 0.3) is 0 Å². The van der Waals surface area contributed by atoms with E-state index >= 15 is 0 Å². The van der Waals surface area contributed by atoms with E-state index in [2.05, 4.69) is 9.98 Å². The topological polar surface area (TPSA) is 30.2 Å². The van der Waals surface area contributed by atoms with Crippen LogP contribution in [0, 0.1) is 0 Å². The fraction of sp³-hybridized carbons (Fsp3) is 0.250. The van der Waals surface area contributed by atoms with E-state index in [-0.39, 0.29) is 0 Å². The van der Waals surface area contributed by atoms with Gasteiger partial charge in [0, 0.05) is 31.2 Å². The van der Waals surface area contributed by atoms with Crippen molar-refractivity contribution in [1.29, 1.82) is 0 Å². The largest absolute Gasteiger partial charge is 0.334 e. The van der Waals surface area contributed by atoms with Gasteiger partial charge in [-0.1, -0.05) is 0 Å². The highest BCUT2D eigenvalue weighted by Gasteiger charge is 2.07. The van der Waals surface area contributed by atoms with Crippen LogP contribution >= 0.6 is 0 Å². The molecular weight excluding hydrogens is 138 g/mol. The second-order valence-electron chi connectivity index (χ2n) is 2.54.